The fraction of sp³-hybridized carbons (Fsp3) is 0.565. The van der Waals surface area contributed by atoms with Crippen molar-refractivity contribution in [2.75, 3.05) is 26.7 Å². The molecule has 4 rings (SSSR count). The van der Waals surface area contributed by atoms with Gasteiger partial charge in [-0.25, -0.2) is 4.79 Å². The largest absolute Gasteiger partial charge is 0.468 e. The Hall–Kier alpha value is -3.50. The highest BCUT2D eigenvalue weighted by Gasteiger charge is 2.45. The van der Waals surface area contributed by atoms with Gasteiger partial charge in [0, 0.05) is 43.0 Å². The second kappa shape index (κ2) is 11.1. The van der Waals surface area contributed by atoms with E-state index >= 15 is 0 Å². The number of methoxy groups -OCH3 is 1. The van der Waals surface area contributed by atoms with Crippen LogP contribution in [0, 0.1) is 5.92 Å². The van der Waals surface area contributed by atoms with Crippen molar-refractivity contribution in [2.45, 2.75) is 50.5 Å². The van der Waals surface area contributed by atoms with Gasteiger partial charge in [-0.3, -0.25) is 14.6 Å². The van der Waals surface area contributed by atoms with Gasteiger partial charge in [0.2, 0.25) is 17.6 Å². The second-order valence-electron chi connectivity index (χ2n) is 8.67. The van der Waals surface area contributed by atoms with Crippen molar-refractivity contribution in [1.29, 1.82) is 0 Å². The fourth-order valence-electron chi connectivity index (χ4n) is 4.70. The third-order valence-corrected chi connectivity index (χ3v) is 6.47. The summed E-state index contributed by atoms with van der Waals surface area (Å²) in [5.74, 6) is -0.306. The average molecular weight is 471 g/mol. The number of rotatable bonds is 4. The lowest BCUT2D eigenvalue weighted by atomic mass is 10.0. The standard InChI is InChI=1S/C23H30N6O5/c1-33-19(30)14-26-23(32)29-10-5-3-2-4-9-25-21(31)17-11-16(12-18(17)29)22-27-20(28-34-22)15-7-6-8-24-13-15/h6-8,13,16-18H,2-5,9-12,14H2,1H3,(H,25,31)(H,26,32)/t16-,17-,18+/m1/s1. The maximum Gasteiger partial charge on any atom is 0.325 e. The fourth-order valence-corrected chi connectivity index (χ4v) is 4.70. The summed E-state index contributed by atoms with van der Waals surface area (Å²) >= 11 is 0. The zero-order valence-corrected chi connectivity index (χ0v) is 19.2. The molecule has 1 saturated heterocycles. The molecule has 3 heterocycles. The predicted molar refractivity (Wildman–Crippen MR) is 120 cm³/mol. The zero-order chi connectivity index (χ0) is 23.9. The first kappa shape index (κ1) is 23.7. The Labute approximate surface area is 197 Å². The lowest BCUT2D eigenvalue weighted by Gasteiger charge is -2.32. The number of aromatic nitrogens is 3. The molecule has 0 unspecified atom stereocenters. The molecule has 2 aromatic heterocycles. The number of carbonyl (C=O) groups is 3. The van der Waals surface area contributed by atoms with Crippen LogP contribution in [0.5, 0.6) is 0 Å². The van der Waals surface area contributed by atoms with Gasteiger partial charge >= 0.3 is 12.0 Å². The van der Waals surface area contributed by atoms with E-state index in [0.717, 1.165) is 31.2 Å². The number of ether oxygens (including phenoxy) is 1. The quantitative estimate of drug-likeness (QED) is 0.646. The number of esters is 1. The molecule has 0 spiro atoms. The van der Waals surface area contributed by atoms with Gasteiger partial charge in [0.15, 0.2) is 0 Å². The molecule has 1 aliphatic heterocycles. The Morgan fingerprint density at radius 3 is 2.91 bits per heavy atom. The smallest absolute Gasteiger partial charge is 0.325 e. The Kier molecular flexibility index (Phi) is 7.71. The van der Waals surface area contributed by atoms with Gasteiger partial charge in [-0.2, -0.15) is 4.98 Å². The first-order chi connectivity index (χ1) is 16.6. The van der Waals surface area contributed by atoms with Crippen molar-refractivity contribution in [2.24, 2.45) is 5.92 Å². The molecule has 1 aliphatic carbocycles. The number of nitrogens with one attached hydrogen (secondary N) is 2. The van der Waals surface area contributed by atoms with Gasteiger partial charge in [-0.1, -0.05) is 18.0 Å². The Balaban J connectivity index is 1.56. The Morgan fingerprint density at radius 2 is 2.12 bits per heavy atom. The van der Waals surface area contributed by atoms with Gasteiger partial charge < -0.3 is 24.8 Å². The van der Waals surface area contributed by atoms with E-state index in [1.54, 1.807) is 23.4 Å². The molecule has 2 aliphatic rings. The van der Waals surface area contributed by atoms with E-state index < -0.39 is 11.9 Å². The molecule has 3 amide bonds. The highest BCUT2D eigenvalue weighted by Crippen LogP contribution is 2.41. The minimum absolute atomic E-state index is 0.0767. The predicted octanol–water partition coefficient (Wildman–Crippen LogP) is 1.87. The topological polar surface area (TPSA) is 140 Å². The summed E-state index contributed by atoms with van der Waals surface area (Å²) in [5.41, 5.74) is 0.743. The highest BCUT2D eigenvalue weighted by molar-refractivity contribution is 5.83. The first-order valence-electron chi connectivity index (χ1n) is 11.7. The van der Waals surface area contributed by atoms with Gasteiger partial charge in [0.25, 0.3) is 0 Å². The molecule has 2 aromatic rings. The molecular formula is C23H30N6O5. The number of urea groups is 1. The van der Waals surface area contributed by atoms with Crippen LogP contribution in [0.4, 0.5) is 4.79 Å². The third kappa shape index (κ3) is 5.52. The molecule has 2 N–H and O–H groups in total. The maximum atomic E-state index is 13.1. The molecule has 2 fully saturated rings. The summed E-state index contributed by atoms with van der Waals surface area (Å²) < 4.78 is 10.2. The van der Waals surface area contributed by atoms with Crippen molar-refractivity contribution >= 4 is 17.9 Å². The average Bonchev–Trinajstić information content (AvgIpc) is 3.51. The summed E-state index contributed by atoms with van der Waals surface area (Å²) in [7, 11) is 1.27. The summed E-state index contributed by atoms with van der Waals surface area (Å²) in [5, 5.41) is 9.75. The molecule has 11 heteroatoms. The van der Waals surface area contributed by atoms with Crippen LogP contribution in [-0.2, 0) is 14.3 Å². The molecule has 11 nitrogen and oxygen atoms in total. The van der Waals surface area contributed by atoms with Gasteiger partial charge in [-0.15, -0.1) is 0 Å². The van der Waals surface area contributed by atoms with Gasteiger partial charge in [0.05, 0.1) is 13.0 Å². The number of nitrogens with zero attached hydrogens (tertiary/aromatic N) is 4. The SMILES string of the molecule is COC(=O)CNC(=O)N1CCCCCCNC(=O)[C@@H]2C[C@@H](c3nc(-c4cccnc4)no3)C[C@@H]21. The molecular weight excluding hydrogens is 440 g/mol. The van der Waals surface area contributed by atoms with Gasteiger partial charge in [-0.05, 0) is 37.8 Å². The van der Waals surface area contributed by atoms with Crippen LogP contribution < -0.4 is 10.6 Å². The summed E-state index contributed by atoms with van der Waals surface area (Å²) in [6.45, 7) is 0.892. The van der Waals surface area contributed by atoms with Crippen LogP contribution in [0.15, 0.2) is 29.0 Å². The minimum atomic E-state index is -0.529. The van der Waals surface area contributed by atoms with Crippen molar-refractivity contribution in [3.05, 3.63) is 30.4 Å². The van der Waals surface area contributed by atoms with Crippen LogP contribution >= 0.6 is 0 Å². The van der Waals surface area contributed by atoms with Crippen molar-refractivity contribution in [3.8, 4) is 11.4 Å². The van der Waals surface area contributed by atoms with E-state index in [4.69, 9.17) is 4.52 Å². The third-order valence-electron chi connectivity index (χ3n) is 6.47. The first-order valence-corrected chi connectivity index (χ1v) is 11.7. The summed E-state index contributed by atoms with van der Waals surface area (Å²) in [6, 6.07) is 2.91. The molecule has 0 aromatic carbocycles. The van der Waals surface area contributed by atoms with E-state index in [2.05, 4.69) is 30.5 Å². The van der Waals surface area contributed by atoms with E-state index in [0.29, 0.717) is 37.6 Å². The Bertz CT molecular complexity index is 997. The van der Waals surface area contributed by atoms with E-state index in [9.17, 15) is 14.4 Å². The molecule has 0 bridgehead atoms. The number of pyridine rings is 1. The number of amides is 3. The monoisotopic (exact) mass is 470 g/mol. The van der Waals surface area contributed by atoms with Crippen molar-refractivity contribution < 1.29 is 23.6 Å². The molecule has 34 heavy (non-hydrogen) atoms. The highest BCUT2D eigenvalue weighted by atomic mass is 16.5. The number of hydrogen-bond acceptors (Lipinski definition) is 8. The van der Waals surface area contributed by atoms with E-state index in [1.807, 2.05) is 6.07 Å². The van der Waals surface area contributed by atoms with Crippen LogP contribution in [0.25, 0.3) is 11.4 Å². The number of hydrogen-bond donors (Lipinski definition) is 2. The number of fused-ring (bicyclic) bond motifs is 1. The van der Waals surface area contributed by atoms with Crippen molar-refractivity contribution in [3.63, 3.8) is 0 Å². The van der Waals surface area contributed by atoms with Crippen molar-refractivity contribution in [1.82, 2.24) is 30.7 Å². The Morgan fingerprint density at radius 1 is 1.26 bits per heavy atom. The molecule has 1 saturated carbocycles. The molecule has 182 valence electrons. The zero-order valence-electron chi connectivity index (χ0n) is 19.2. The van der Waals surface area contributed by atoms with Crippen LogP contribution in [0.3, 0.4) is 0 Å². The summed E-state index contributed by atoms with van der Waals surface area (Å²) in [4.78, 5) is 48.0. The van der Waals surface area contributed by atoms with E-state index in [1.165, 1.54) is 7.11 Å². The number of carbonyl (C=O) groups excluding carboxylic acids is 3. The van der Waals surface area contributed by atoms with Crippen LogP contribution in [0.2, 0.25) is 0 Å². The van der Waals surface area contributed by atoms with Gasteiger partial charge in [0.1, 0.15) is 6.54 Å². The maximum absolute atomic E-state index is 13.1. The lowest BCUT2D eigenvalue weighted by molar-refractivity contribution is -0.139. The molecule has 0 radical (unpaired) electrons. The minimum Gasteiger partial charge on any atom is -0.468 e. The second-order valence-corrected chi connectivity index (χ2v) is 8.67. The summed E-state index contributed by atoms with van der Waals surface area (Å²) in [6.07, 6.45) is 7.99. The van der Waals surface area contributed by atoms with Crippen LogP contribution in [-0.4, -0.2) is 70.7 Å². The van der Waals surface area contributed by atoms with E-state index in [-0.39, 0.29) is 30.4 Å². The molecule has 3 atom stereocenters. The normalized spacial score (nSPS) is 23.4. The lowest BCUT2D eigenvalue weighted by Crippen LogP contribution is -2.51. The van der Waals surface area contributed by atoms with Crippen LogP contribution in [0.1, 0.15) is 50.3 Å².